The van der Waals surface area contributed by atoms with Gasteiger partial charge in [-0.2, -0.15) is 0 Å². The Balaban J connectivity index is 2.44. The van der Waals surface area contributed by atoms with Crippen LogP contribution in [0.5, 0.6) is 0 Å². The highest BCUT2D eigenvalue weighted by atomic mass is 16.5. The second-order valence-corrected chi connectivity index (χ2v) is 4.31. The average molecular weight is 170 g/mol. The molecule has 12 heavy (non-hydrogen) atoms. The van der Waals surface area contributed by atoms with E-state index in [1.54, 1.807) is 0 Å². The Morgan fingerprint density at radius 2 is 1.83 bits per heavy atom. The minimum absolute atomic E-state index is 0.447. The molecule has 1 aliphatic rings. The van der Waals surface area contributed by atoms with Crippen molar-refractivity contribution < 1.29 is 4.74 Å². The summed E-state index contributed by atoms with van der Waals surface area (Å²) in [5.74, 6) is 0. The third kappa shape index (κ3) is 2.22. The predicted molar refractivity (Wildman–Crippen MR) is 52.3 cm³/mol. The SMILES string of the molecule is CCOC(C)C1(C)CCCCC1. The van der Waals surface area contributed by atoms with Gasteiger partial charge < -0.3 is 4.74 Å². The van der Waals surface area contributed by atoms with Crippen molar-refractivity contribution in [2.45, 2.75) is 59.0 Å². The largest absolute Gasteiger partial charge is 0.378 e. The summed E-state index contributed by atoms with van der Waals surface area (Å²) in [7, 11) is 0. The summed E-state index contributed by atoms with van der Waals surface area (Å²) in [6, 6.07) is 0. The standard InChI is InChI=1S/C11H22O/c1-4-12-10(2)11(3)8-6-5-7-9-11/h10H,4-9H2,1-3H3. The summed E-state index contributed by atoms with van der Waals surface area (Å²) in [6.45, 7) is 7.56. The van der Waals surface area contributed by atoms with E-state index in [0.29, 0.717) is 11.5 Å². The molecule has 0 heterocycles. The number of ether oxygens (including phenoxy) is 1. The van der Waals surface area contributed by atoms with Gasteiger partial charge in [-0.3, -0.25) is 0 Å². The van der Waals surface area contributed by atoms with Crippen LogP contribution in [-0.4, -0.2) is 12.7 Å². The van der Waals surface area contributed by atoms with Crippen LogP contribution in [0, 0.1) is 5.41 Å². The van der Waals surface area contributed by atoms with E-state index in [1.807, 2.05) is 0 Å². The zero-order valence-electron chi connectivity index (χ0n) is 8.73. The molecule has 0 aromatic heterocycles. The van der Waals surface area contributed by atoms with Crippen molar-refractivity contribution in [3.05, 3.63) is 0 Å². The van der Waals surface area contributed by atoms with Crippen LogP contribution in [0.15, 0.2) is 0 Å². The summed E-state index contributed by atoms with van der Waals surface area (Å²) >= 11 is 0. The lowest BCUT2D eigenvalue weighted by Gasteiger charge is -2.38. The van der Waals surface area contributed by atoms with E-state index in [2.05, 4.69) is 20.8 Å². The first-order valence-electron chi connectivity index (χ1n) is 5.30. The second-order valence-electron chi connectivity index (χ2n) is 4.31. The van der Waals surface area contributed by atoms with E-state index in [1.165, 1.54) is 32.1 Å². The van der Waals surface area contributed by atoms with Crippen molar-refractivity contribution in [2.75, 3.05) is 6.61 Å². The van der Waals surface area contributed by atoms with E-state index in [0.717, 1.165) is 6.61 Å². The maximum absolute atomic E-state index is 5.68. The molecule has 0 spiro atoms. The van der Waals surface area contributed by atoms with Gasteiger partial charge in [0, 0.05) is 6.61 Å². The Labute approximate surface area is 76.5 Å². The van der Waals surface area contributed by atoms with Gasteiger partial charge in [-0.1, -0.05) is 26.2 Å². The van der Waals surface area contributed by atoms with E-state index >= 15 is 0 Å². The van der Waals surface area contributed by atoms with Gasteiger partial charge in [0.05, 0.1) is 6.10 Å². The third-order valence-electron chi connectivity index (χ3n) is 3.39. The van der Waals surface area contributed by atoms with Gasteiger partial charge in [-0.05, 0) is 32.1 Å². The molecule has 1 saturated carbocycles. The first kappa shape index (κ1) is 10.0. The molecular weight excluding hydrogens is 148 g/mol. The normalized spacial score (nSPS) is 25.2. The van der Waals surface area contributed by atoms with Crippen molar-refractivity contribution in [1.29, 1.82) is 0 Å². The lowest BCUT2D eigenvalue weighted by molar-refractivity contribution is -0.0336. The number of rotatable bonds is 3. The zero-order valence-corrected chi connectivity index (χ0v) is 8.73. The Kier molecular flexibility index (Phi) is 3.57. The van der Waals surface area contributed by atoms with Crippen molar-refractivity contribution in [3.63, 3.8) is 0 Å². The quantitative estimate of drug-likeness (QED) is 0.631. The molecule has 0 radical (unpaired) electrons. The van der Waals surface area contributed by atoms with Gasteiger partial charge >= 0.3 is 0 Å². The van der Waals surface area contributed by atoms with Crippen molar-refractivity contribution >= 4 is 0 Å². The van der Waals surface area contributed by atoms with Crippen LogP contribution in [0.4, 0.5) is 0 Å². The van der Waals surface area contributed by atoms with Crippen LogP contribution >= 0.6 is 0 Å². The van der Waals surface area contributed by atoms with Crippen molar-refractivity contribution in [1.82, 2.24) is 0 Å². The lowest BCUT2D eigenvalue weighted by atomic mass is 9.72. The summed E-state index contributed by atoms with van der Waals surface area (Å²) in [4.78, 5) is 0. The van der Waals surface area contributed by atoms with Crippen LogP contribution in [0.3, 0.4) is 0 Å². The summed E-state index contributed by atoms with van der Waals surface area (Å²) < 4.78 is 5.68. The second kappa shape index (κ2) is 4.27. The molecule has 1 atom stereocenters. The van der Waals surface area contributed by atoms with Gasteiger partial charge in [-0.25, -0.2) is 0 Å². The zero-order chi connectivity index (χ0) is 9.03. The fraction of sp³-hybridized carbons (Fsp3) is 1.00. The topological polar surface area (TPSA) is 9.23 Å². The highest BCUT2D eigenvalue weighted by molar-refractivity contribution is 4.83. The van der Waals surface area contributed by atoms with Gasteiger partial charge in [0.15, 0.2) is 0 Å². The molecule has 1 aliphatic carbocycles. The minimum atomic E-state index is 0.447. The Morgan fingerprint density at radius 3 is 2.33 bits per heavy atom. The van der Waals surface area contributed by atoms with Crippen molar-refractivity contribution in [2.24, 2.45) is 5.41 Å². The van der Waals surface area contributed by atoms with E-state index in [9.17, 15) is 0 Å². The Hall–Kier alpha value is -0.0400. The first-order valence-corrected chi connectivity index (χ1v) is 5.30. The molecule has 0 aromatic rings. The molecule has 0 N–H and O–H groups in total. The van der Waals surface area contributed by atoms with E-state index < -0.39 is 0 Å². The lowest BCUT2D eigenvalue weighted by Crippen LogP contribution is -2.34. The molecule has 0 bridgehead atoms. The van der Waals surface area contributed by atoms with Crippen LogP contribution in [0.2, 0.25) is 0 Å². The highest BCUT2D eigenvalue weighted by Crippen LogP contribution is 2.39. The van der Waals surface area contributed by atoms with Gasteiger partial charge in [0.1, 0.15) is 0 Å². The molecule has 0 saturated heterocycles. The molecule has 1 fully saturated rings. The predicted octanol–water partition coefficient (Wildman–Crippen LogP) is 3.38. The first-order chi connectivity index (χ1) is 5.69. The average Bonchev–Trinajstić information content (AvgIpc) is 2.06. The molecule has 0 aliphatic heterocycles. The van der Waals surface area contributed by atoms with Gasteiger partial charge in [0.2, 0.25) is 0 Å². The highest BCUT2D eigenvalue weighted by Gasteiger charge is 2.32. The minimum Gasteiger partial charge on any atom is -0.378 e. The van der Waals surface area contributed by atoms with Crippen molar-refractivity contribution in [3.8, 4) is 0 Å². The molecular formula is C11H22O. The Morgan fingerprint density at radius 1 is 1.25 bits per heavy atom. The molecule has 1 nitrogen and oxygen atoms in total. The summed E-state index contributed by atoms with van der Waals surface area (Å²) in [5.41, 5.74) is 0.467. The third-order valence-corrected chi connectivity index (χ3v) is 3.39. The summed E-state index contributed by atoms with van der Waals surface area (Å²) in [6.07, 6.45) is 7.38. The fourth-order valence-corrected chi connectivity index (χ4v) is 2.22. The summed E-state index contributed by atoms with van der Waals surface area (Å²) in [5, 5.41) is 0. The van der Waals surface area contributed by atoms with Gasteiger partial charge in [-0.15, -0.1) is 0 Å². The van der Waals surface area contributed by atoms with Gasteiger partial charge in [0.25, 0.3) is 0 Å². The molecule has 72 valence electrons. The maximum Gasteiger partial charge on any atom is 0.0600 e. The molecule has 0 aromatic carbocycles. The van der Waals surface area contributed by atoms with Crippen LogP contribution in [0.25, 0.3) is 0 Å². The van der Waals surface area contributed by atoms with Crippen LogP contribution < -0.4 is 0 Å². The molecule has 1 heteroatoms. The molecule has 1 rings (SSSR count). The molecule has 1 unspecified atom stereocenters. The monoisotopic (exact) mass is 170 g/mol. The number of hydrogen-bond donors (Lipinski definition) is 0. The number of hydrogen-bond acceptors (Lipinski definition) is 1. The van der Waals surface area contributed by atoms with Crippen LogP contribution in [-0.2, 0) is 4.74 Å². The van der Waals surface area contributed by atoms with E-state index in [-0.39, 0.29) is 0 Å². The smallest absolute Gasteiger partial charge is 0.0600 e. The Bertz CT molecular complexity index is 125. The fourth-order valence-electron chi connectivity index (χ4n) is 2.22. The van der Waals surface area contributed by atoms with E-state index in [4.69, 9.17) is 4.74 Å². The maximum atomic E-state index is 5.68. The van der Waals surface area contributed by atoms with Crippen LogP contribution in [0.1, 0.15) is 52.9 Å². The molecule has 0 amide bonds.